The molecule has 0 saturated heterocycles. The summed E-state index contributed by atoms with van der Waals surface area (Å²) in [6.07, 6.45) is 0. The van der Waals surface area contributed by atoms with Crippen LogP contribution in [0.15, 0.2) is 33.5 Å². The maximum Gasteiger partial charge on any atom is 0.341 e. The van der Waals surface area contributed by atoms with E-state index in [-0.39, 0.29) is 26.6 Å². The molecule has 1 N–H and O–H groups in total. The first kappa shape index (κ1) is 18.2. The summed E-state index contributed by atoms with van der Waals surface area (Å²) in [6.45, 7) is 0. The SMILES string of the molecule is COC(=O)c1cc(Cl)c(=O)n(CI)c1Nc1ccc(Br)cc1F. The summed E-state index contributed by atoms with van der Waals surface area (Å²) in [4.78, 5) is 24.1. The van der Waals surface area contributed by atoms with Gasteiger partial charge < -0.3 is 10.1 Å². The van der Waals surface area contributed by atoms with Gasteiger partial charge in [-0.2, -0.15) is 0 Å². The minimum absolute atomic E-state index is 0.0380. The monoisotopic (exact) mass is 514 g/mol. The van der Waals surface area contributed by atoms with Crippen LogP contribution in [-0.4, -0.2) is 17.6 Å². The number of hydrogen-bond donors (Lipinski definition) is 1. The number of nitrogens with zero attached hydrogens (tertiary/aromatic N) is 1. The quantitative estimate of drug-likeness (QED) is 0.374. The first-order valence-corrected chi connectivity index (χ1v) is 8.88. The predicted molar refractivity (Wildman–Crippen MR) is 98.5 cm³/mol. The van der Waals surface area contributed by atoms with Gasteiger partial charge in [-0.05, 0) is 24.3 Å². The van der Waals surface area contributed by atoms with Gasteiger partial charge in [-0.15, -0.1) is 0 Å². The van der Waals surface area contributed by atoms with E-state index in [0.29, 0.717) is 4.47 Å². The lowest BCUT2D eigenvalue weighted by Crippen LogP contribution is -2.24. The van der Waals surface area contributed by atoms with E-state index >= 15 is 0 Å². The number of anilines is 2. The molecule has 1 aromatic heterocycles. The van der Waals surface area contributed by atoms with Crippen LogP contribution in [0.3, 0.4) is 0 Å². The fourth-order valence-electron chi connectivity index (χ4n) is 1.87. The van der Waals surface area contributed by atoms with Gasteiger partial charge in [0.25, 0.3) is 5.56 Å². The number of hydrogen-bond acceptors (Lipinski definition) is 4. The van der Waals surface area contributed by atoms with Gasteiger partial charge in [0.2, 0.25) is 0 Å². The van der Waals surface area contributed by atoms with Crippen molar-refractivity contribution >= 4 is 67.6 Å². The van der Waals surface area contributed by atoms with Gasteiger partial charge >= 0.3 is 5.97 Å². The Kier molecular flexibility index (Phi) is 6.04. The van der Waals surface area contributed by atoms with Crippen molar-refractivity contribution in [3.8, 4) is 0 Å². The number of esters is 1. The lowest BCUT2D eigenvalue weighted by Gasteiger charge is -2.17. The smallest absolute Gasteiger partial charge is 0.341 e. The average Bonchev–Trinajstić information content (AvgIpc) is 2.52. The third-order valence-corrected chi connectivity index (χ3v) is 4.40. The van der Waals surface area contributed by atoms with Crippen LogP contribution in [0, 0.1) is 5.82 Å². The van der Waals surface area contributed by atoms with E-state index < -0.39 is 17.3 Å². The number of alkyl halides is 1. The first-order chi connectivity index (χ1) is 10.9. The van der Waals surface area contributed by atoms with Gasteiger partial charge in [0, 0.05) is 4.47 Å². The van der Waals surface area contributed by atoms with Crippen molar-refractivity contribution in [1.29, 1.82) is 0 Å². The fourth-order valence-corrected chi connectivity index (χ4v) is 3.06. The summed E-state index contributed by atoms with van der Waals surface area (Å²) < 4.78 is 20.8. The van der Waals surface area contributed by atoms with Gasteiger partial charge in [0.05, 0.1) is 17.3 Å². The number of pyridine rings is 1. The van der Waals surface area contributed by atoms with Crippen LogP contribution >= 0.6 is 50.1 Å². The van der Waals surface area contributed by atoms with Crippen LogP contribution in [-0.2, 0) is 9.29 Å². The van der Waals surface area contributed by atoms with Crippen molar-refractivity contribution in [2.24, 2.45) is 0 Å². The van der Waals surface area contributed by atoms with Crippen molar-refractivity contribution in [3.63, 3.8) is 0 Å². The molecule has 0 aliphatic carbocycles. The Morgan fingerprint density at radius 2 is 2.17 bits per heavy atom. The summed E-state index contributed by atoms with van der Waals surface area (Å²) in [7, 11) is 1.21. The lowest BCUT2D eigenvalue weighted by atomic mass is 10.2. The molecular weight excluding hydrogens is 505 g/mol. The van der Waals surface area contributed by atoms with Gasteiger partial charge in [-0.25, -0.2) is 9.18 Å². The van der Waals surface area contributed by atoms with Gasteiger partial charge in [0.15, 0.2) is 0 Å². The number of carbonyl (C=O) groups is 1. The second-order valence-corrected chi connectivity index (χ2v) is 6.35. The Morgan fingerprint density at radius 3 is 2.74 bits per heavy atom. The number of methoxy groups -OCH3 is 1. The van der Waals surface area contributed by atoms with Crippen LogP contribution in [0.1, 0.15) is 10.4 Å². The number of halogens is 4. The van der Waals surface area contributed by atoms with Gasteiger partial charge in [-0.1, -0.05) is 50.1 Å². The van der Waals surface area contributed by atoms with Crippen LogP contribution in [0.5, 0.6) is 0 Å². The van der Waals surface area contributed by atoms with E-state index in [0.717, 1.165) is 0 Å². The van der Waals surface area contributed by atoms with E-state index in [1.165, 1.54) is 29.9 Å². The third-order valence-electron chi connectivity index (χ3n) is 2.95. The molecule has 0 radical (unpaired) electrons. The zero-order valence-electron chi connectivity index (χ0n) is 11.7. The molecule has 9 heteroatoms. The second-order valence-electron chi connectivity index (χ2n) is 4.35. The van der Waals surface area contributed by atoms with Crippen LogP contribution < -0.4 is 10.9 Å². The minimum atomic E-state index is -0.689. The average molecular weight is 516 g/mol. The number of ether oxygens (including phenoxy) is 1. The van der Waals surface area contributed by atoms with Crippen molar-refractivity contribution in [2.45, 2.75) is 4.55 Å². The molecule has 0 atom stereocenters. The highest BCUT2D eigenvalue weighted by molar-refractivity contribution is 14.1. The van der Waals surface area contributed by atoms with E-state index in [1.54, 1.807) is 6.07 Å². The maximum absolute atomic E-state index is 14.0. The number of rotatable bonds is 4. The molecule has 5 nitrogen and oxygen atoms in total. The topological polar surface area (TPSA) is 60.3 Å². The van der Waals surface area contributed by atoms with Gasteiger partial charge in [0.1, 0.15) is 22.2 Å². The van der Waals surface area contributed by atoms with Crippen molar-refractivity contribution in [1.82, 2.24) is 4.57 Å². The van der Waals surface area contributed by atoms with Crippen molar-refractivity contribution in [3.05, 3.63) is 55.5 Å². The lowest BCUT2D eigenvalue weighted by molar-refractivity contribution is 0.0601. The molecule has 0 saturated carbocycles. The molecule has 0 unspecified atom stereocenters. The molecule has 1 aromatic carbocycles. The van der Waals surface area contributed by atoms with Crippen LogP contribution in [0.4, 0.5) is 15.9 Å². The Labute approximate surface area is 158 Å². The third kappa shape index (κ3) is 3.86. The molecule has 0 bridgehead atoms. The molecule has 1 heterocycles. The van der Waals surface area contributed by atoms with E-state index in [2.05, 4.69) is 21.2 Å². The van der Waals surface area contributed by atoms with E-state index in [1.807, 2.05) is 22.6 Å². The molecule has 23 heavy (non-hydrogen) atoms. The summed E-state index contributed by atoms with van der Waals surface area (Å²) >= 11 is 11.0. The van der Waals surface area contributed by atoms with Gasteiger partial charge in [-0.3, -0.25) is 9.36 Å². The van der Waals surface area contributed by atoms with Crippen LogP contribution in [0.2, 0.25) is 5.02 Å². The number of carbonyl (C=O) groups excluding carboxylic acids is 1. The number of benzene rings is 1. The maximum atomic E-state index is 14.0. The highest BCUT2D eigenvalue weighted by atomic mass is 127. The molecular formula is C14H10BrClFIN2O3. The van der Waals surface area contributed by atoms with Crippen LogP contribution in [0.25, 0.3) is 0 Å². The summed E-state index contributed by atoms with van der Waals surface area (Å²) in [5.41, 5.74) is -0.344. The number of nitrogens with one attached hydrogen (secondary N) is 1. The molecule has 0 spiro atoms. The summed E-state index contributed by atoms with van der Waals surface area (Å²) in [5.74, 6) is -1.12. The molecule has 0 aliphatic rings. The Morgan fingerprint density at radius 1 is 1.48 bits per heavy atom. The predicted octanol–water partition coefficient (Wildman–Crippen LogP) is 4.33. The molecule has 2 aromatic rings. The Hall–Kier alpha value is -1.13. The minimum Gasteiger partial charge on any atom is -0.465 e. The van der Waals surface area contributed by atoms with E-state index in [9.17, 15) is 14.0 Å². The van der Waals surface area contributed by atoms with Crippen molar-refractivity contribution < 1.29 is 13.9 Å². The molecule has 2 rings (SSSR count). The molecule has 0 aliphatic heterocycles. The second kappa shape index (κ2) is 7.63. The highest BCUT2D eigenvalue weighted by Crippen LogP contribution is 2.27. The summed E-state index contributed by atoms with van der Waals surface area (Å²) in [6, 6.07) is 5.59. The normalized spacial score (nSPS) is 10.5. The van der Waals surface area contributed by atoms with E-state index in [4.69, 9.17) is 16.3 Å². The molecule has 0 fully saturated rings. The zero-order valence-corrected chi connectivity index (χ0v) is 16.2. The van der Waals surface area contributed by atoms with Crippen molar-refractivity contribution in [2.75, 3.05) is 12.4 Å². The highest BCUT2D eigenvalue weighted by Gasteiger charge is 2.20. The summed E-state index contributed by atoms with van der Waals surface area (Å²) in [5, 5.41) is 2.65. The fraction of sp³-hybridized carbons (Fsp3) is 0.143. The Bertz CT molecular complexity index is 828. The Balaban J connectivity index is 2.65. The molecule has 0 amide bonds. The standard InChI is InChI=1S/C14H10BrClFIN2O3/c1-23-14(22)8-5-9(16)13(21)20(6-18)12(8)19-11-3-2-7(15)4-10(11)17/h2-5,19H,6H2,1H3. The largest absolute Gasteiger partial charge is 0.465 e. The zero-order chi connectivity index (χ0) is 17.1. The molecule has 122 valence electrons. The first-order valence-electron chi connectivity index (χ1n) is 6.18. The number of aromatic nitrogens is 1.